The summed E-state index contributed by atoms with van der Waals surface area (Å²) < 4.78 is 67.4. The highest BCUT2D eigenvalue weighted by Gasteiger charge is 2.24. The average Bonchev–Trinajstić information content (AvgIpc) is 3.23. The first kappa shape index (κ1) is 13.2. The molecule has 0 saturated carbocycles. The number of aromatic nitrogens is 4. The van der Waals surface area contributed by atoms with Crippen LogP contribution in [0.3, 0.4) is 0 Å². The molecule has 0 radical (unpaired) electrons. The molecule has 0 aliphatic carbocycles. The van der Waals surface area contributed by atoms with Gasteiger partial charge in [0.15, 0.2) is 0 Å². The zero-order chi connectivity index (χ0) is 24.2. The van der Waals surface area contributed by atoms with Crippen molar-refractivity contribution < 1.29 is 15.3 Å². The van der Waals surface area contributed by atoms with Crippen LogP contribution in [0.4, 0.5) is 0 Å². The molecule has 2 aromatic carbocycles. The lowest BCUT2D eigenvalue weighted by Crippen LogP contribution is -2.21. The van der Waals surface area contributed by atoms with Gasteiger partial charge in [-0.05, 0) is 30.2 Å². The number of benzene rings is 2. The van der Waals surface area contributed by atoms with E-state index >= 15 is 0 Å². The number of hydrogen-bond donors (Lipinski definition) is 0. The molecule has 0 fully saturated rings. The van der Waals surface area contributed by atoms with Crippen LogP contribution in [0.15, 0.2) is 70.8 Å². The second kappa shape index (κ2) is 6.88. The van der Waals surface area contributed by atoms with Crippen molar-refractivity contribution in [1.29, 1.82) is 0 Å². The Kier molecular flexibility index (Phi) is 3.26. The Hall–Kier alpha value is -2.97. The maximum atomic E-state index is 13.1. The van der Waals surface area contributed by atoms with Crippen molar-refractivity contribution in [3.63, 3.8) is 0 Å². The summed E-state index contributed by atoms with van der Waals surface area (Å²) >= 11 is 6.14. The van der Waals surface area contributed by atoms with E-state index in [9.17, 15) is 13.2 Å². The van der Waals surface area contributed by atoms with Crippen LogP contribution in [-0.2, 0) is 15.6 Å². The summed E-state index contributed by atoms with van der Waals surface area (Å²) in [6, 6.07) is 1.83. The third-order valence-corrected chi connectivity index (χ3v) is 6.02. The molecular weight excluding hydrogens is 400 g/mol. The second-order valence-electron chi connectivity index (χ2n) is 5.90. The molecule has 0 aliphatic rings. The predicted octanol–water partition coefficient (Wildman–Crippen LogP) is 2.82. The molecule has 0 atom stereocenters. The summed E-state index contributed by atoms with van der Waals surface area (Å²) in [5.41, 5.74) is -0.183. The SMILES string of the molecule is [2H]c1c([2H])c([2H])c(CS(=O)(=O)c2nnc3c(=O)n(-c4cccc(Cl)c4C)ccn23)c([2H])c1[2H]. The van der Waals surface area contributed by atoms with E-state index in [2.05, 4.69) is 10.2 Å². The zero-order valence-electron chi connectivity index (χ0n) is 19.4. The molecule has 0 amide bonds. The van der Waals surface area contributed by atoms with Crippen LogP contribution in [0.5, 0.6) is 0 Å². The quantitative estimate of drug-likeness (QED) is 0.507. The van der Waals surface area contributed by atoms with Crippen molar-refractivity contribution >= 4 is 27.1 Å². The van der Waals surface area contributed by atoms with Gasteiger partial charge in [-0.15, -0.1) is 10.2 Å². The molecule has 0 bridgehead atoms. The summed E-state index contributed by atoms with van der Waals surface area (Å²) in [7, 11) is -4.34. The Morgan fingerprint density at radius 1 is 1.14 bits per heavy atom. The number of halogens is 1. The van der Waals surface area contributed by atoms with Gasteiger partial charge < -0.3 is 0 Å². The summed E-state index contributed by atoms with van der Waals surface area (Å²) in [5.74, 6) is -0.917. The second-order valence-corrected chi connectivity index (χ2v) is 8.19. The van der Waals surface area contributed by atoms with E-state index in [-0.39, 0.29) is 5.65 Å². The van der Waals surface area contributed by atoms with Gasteiger partial charge in [-0.2, -0.15) is 0 Å². The third-order valence-electron chi connectivity index (χ3n) is 4.10. The average molecular weight is 420 g/mol. The van der Waals surface area contributed by atoms with E-state index in [1.807, 2.05) is 0 Å². The minimum Gasteiger partial charge on any atom is -0.279 e. The van der Waals surface area contributed by atoms with Gasteiger partial charge in [-0.3, -0.25) is 13.8 Å². The van der Waals surface area contributed by atoms with Crippen molar-refractivity contribution in [2.24, 2.45) is 0 Å². The molecular formula is C19H15ClN4O3S. The molecule has 9 heteroatoms. The van der Waals surface area contributed by atoms with Gasteiger partial charge in [0.2, 0.25) is 15.5 Å². The van der Waals surface area contributed by atoms with Gasteiger partial charge >= 0.3 is 5.56 Å². The normalized spacial score (nSPS) is 14.3. The number of fused-ring (bicyclic) bond motifs is 1. The molecule has 4 rings (SSSR count). The summed E-state index contributed by atoms with van der Waals surface area (Å²) in [6.07, 6.45) is 2.65. The van der Waals surface area contributed by atoms with Crippen LogP contribution in [0.1, 0.15) is 18.0 Å². The topological polar surface area (TPSA) is 86.3 Å². The highest BCUT2D eigenvalue weighted by molar-refractivity contribution is 7.90. The number of hydrogen-bond acceptors (Lipinski definition) is 5. The van der Waals surface area contributed by atoms with Crippen LogP contribution in [0.25, 0.3) is 11.3 Å². The molecule has 2 heterocycles. The molecule has 2 aromatic heterocycles. The van der Waals surface area contributed by atoms with Crippen molar-refractivity contribution in [3.8, 4) is 5.69 Å². The fourth-order valence-corrected chi connectivity index (χ4v) is 4.16. The molecule has 142 valence electrons. The van der Waals surface area contributed by atoms with Gasteiger partial charge in [0.25, 0.3) is 5.16 Å². The smallest absolute Gasteiger partial charge is 0.279 e. The van der Waals surface area contributed by atoms with E-state index < -0.39 is 62.1 Å². The van der Waals surface area contributed by atoms with Gasteiger partial charge in [-0.1, -0.05) is 47.9 Å². The third kappa shape index (κ3) is 3.10. The lowest BCUT2D eigenvalue weighted by molar-refractivity contribution is 0.584. The highest BCUT2D eigenvalue weighted by atomic mass is 35.5. The lowest BCUT2D eigenvalue weighted by Gasteiger charge is -2.10. The van der Waals surface area contributed by atoms with E-state index in [0.717, 1.165) is 4.40 Å². The molecule has 4 aromatic rings. The Balaban J connectivity index is 1.84. The summed E-state index contributed by atoms with van der Waals surface area (Å²) in [4.78, 5) is 13.0. The first-order valence-corrected chi connectivity index (χ1v) is 9.99. The Morgan fingerprint density at radius 3 is 2.64 bits per heavy atom. The molecule has 0 spiro atoms. The van der Waals surface area contributed by atoms with Crippen LogP contribution in [-0.4, -0.2) is 27.6 Å². The van der Waals surface area contributed by atoms with Crippen molar-refractivity contribution in [2.45, 2.75) is 17.8 Å². The fraction of sp³-hybridized carbons (Fsp3) is 0.105. The number of nitrogens with zero attached hydrogens (tertiary/aromatic N) is 4. The van der Waals surface area contributed by atoms with Crippen LogP contribution < -0.4 is 5.56 Å². The van der Waals surface area contributed by atoms with Gasteiger partial charge in [0.05, 0.1) is 18.3 Å². The van der Waals surface area contributed by atoms with Gasteiger partial charge in [-0.25, -0.2) is 8.42 Å². The van der Waals surface area contributed by atoms with Crippen molar-refractivity contribution in [1.82, 2.24) is 19.2 Å². The molecule has 0 N–H and O–H groups in total. The van der Waals surface area contributed by atoms with Crippen LogP contribution in [0.2, 0.25) is 5.02 Å². The monoisotopic (exact) mass is 419 g/mol. The van der Waals surface area contributed by atoms with Crippen LogP contribution in [0, 0.1) is 6.92 Å². The van der Waals surface area contributed by atoms with Crippen molar-refractivity contribution in [3.05, 3.63) is 87.3 Å². The van der Waals surface area contributed by atoms with E-state index in [1.165, 1.54) is 17.0 Å². The summed E-state index contributed by atoms with van der Waals surface area (Å²) in [5, 5.41) is 7.24. The molecule has 0 saturated heterocycles. The maximum absolute atomic E-state index is 13.1. The number of rotatable bonds is 4. The fourth-order valence-electron chi connectivity index (χ4n) is 2.73. The standard InChI is InChI=1S/C19H15ClN4O3S/c1-13-15(20)8-5-9-16(13)23-10-11-24-17(18(23)25)21-22-19(24)28(26,27)12-14-6-3-2-4-7-14/h2-11H,12H2,1H3/i2D,3D,4D,6D,7D. The largest absolute Gasteiger partial charge is 0.300 e. The minimum absolute atomic E-state index is 0.267. The van der Waals surface area contributed by atoms with E-state index in [4.69, 9.17) is 18.5 Å². The van der Waals surface area contributed by atoms with Gasteiger partial charge in [0.1, 0.15) is 0 Å². The predicted molar refractivity (Wildman–Crippen MR) is 106 cm³/mol. The van der Waals surface area contributed by atoms with E-state index in [1.54, 1.807) is 25.1 Å². The molecule has 7 nitrogen and oxygen atoms in total. The molecule has 28 heavy (non-hydrogen) atoms. The van der Waals surface area contributed by atoms with Crippen LogP contribution >= 0.6 is 11.6 Å². The Labute approximate surface area is 172 Å². The van der Waals surface area contributed by atoms with Gasteiger partial charge in [0, 0.05) is 17.4 Å². The van der Waals surface area contributed by atoms with Crippen molar-refractivity contribution in [2.75, 3.05) is 0 Å². The summed E-state index contributed by atoms with van der Waals surface area (Å²) in [6.45, 7) is 1.73. The first-order chi connectivity index (χ1) is 15.5. The number of sulfone groups is 1. The molecule has 0 aliphatic heterocycles. The lowest BCUT2D eigenvalue weighted by atomic mass is 10.2. The molecule has 0 unspecified atom stereocenters. The van der Waals surface area contributed by atoms with E-state index in [0.29, 0.717) is 16.3 Å². The Bertz CT molecular complexity index is 1590. The highest BCUT2D eigenvalue weighted by Crippen LogP contribution is 2.21. The maximum Gasteiger partial charge on any atom is 0.300 e. The Morgan fingerprint density at radius 2 is 1.89 bits per heavy atom. The first-order valence-electron chi connectivity index (χ1n) is 10.5. The zero-order valence-corrected chi connectivity index (χ0v) is 16.0. The minimum atomic E-state index is -4.34.